The fourth-order valence-electron chi connectivity index (χ4n) is 2.73. The summed E-state index contributed by atoms with van der Waals surface area (Å²) >= 11 is 1.76. The summed E-state index contributed by atoms with van der Waals surface area (Å²) in [6.07, 6.45) is 2.92. The Balaban J connectivity index is 1.87. The lowest BCUT2D eigenvalue weighted by Gasteiger charge is -2.27. The Bertz CT molecular complexity index is 453. The Morgan fingerprint density at radius 1 is 1.38 bits per heavy atom. The van der Waals surface area contributed by atoms with Gasteiger partial charge < -0.3 is 15.4 Å². The molecule has 1 saturated carbocycles. The summed E-state index contributed by atoms with van der Waals surface area (Å²) in [5, 5.41) is 8.75. The molecule has 0 aromatic carbocycles. The summed E-state index contributed by atoms with van der Waals surface area (Å²) in [4.78, 5) is 13.2. The molecule has 2 N–H and O–H groups in total. The number of carbonyl (C=O) groups excluding carboxylic acids is 1. The van der Waals surface area contributed by atoms with Gasteiger partial charge >= 0.3 is 6.09 Å². The minimum atomic E-state index is -0.449. The number of hydrogen-bond acceptors (Lipinski definition) is 4. The van der Waals surface area contributed by atoms with E-state index in [1.54, 1.807) is 11.3 Å². The van der Waals surface area contributed by atoms with E-state index in [9.17, 15) is 4.79 Å². The van der Waals surface area contributed by atoms with Crippen LogP contribution in [0.3, 0.4) is 0 Å². The summed E-state index contributed by atoms with van der Waals surface area (Å²) in [6, 6.07) is 5.00. The molecule has 0 bridgehead atoms. The second kappa shape index (κ2) is 6.79. The molecule has 0 spiro atoms. The first-order chi connectivity index (χ1) is 9.85. The van der Waals surface area contributed by atoms with Crippen molar-refractivity contribution in [1.82, 2.24) is 10.6 Å². The zero-order chi connectivity index (χ0) is 15.5. The van der Waals surface area contributed by atoms with Crippen LogP contribution in [0.15, 0.2) is 17.5 Å². The molecule has 3 atom stereocenters. The molecule has 1 fully saturated rings. The topological polar surface area (TPSA) is 50.4 Å². The van der Waals surface area contributed by atoms with Crippen LogP contribution in [0.5, 0.6) is 0 Å². The first-order valence-electron chi connectivity index (χ1n) is 7.64. The maximum atomic E-state index is 11.9. The third-order valence-corrected chi connectivity index (χ3v) is 4.71. The Kier molecular flexibility index (Phi) is 5.27. The van der Waals surface area contributed by atoms with Crippen LogP contribution in [-0.2, 0) is 4.74 Å². The highest BCUT2D eigenvalue weighted by Crippen LogP contribution is 2.25. The fraction of sp³-hybridized carbons (Fsp3) is 0.688. The predicted octanol–water partition coefficient (Wildman–Crippen LogP) is 3.84. The lowest BCUT2D eigenvalue weighted by atomic mass is 10.1. The van der Waals surface area contributed by atoms with E-state index >= 15 is 0 Å². The van der Waals surface area contributed by atoms with E-state index in [2.05, 4.69) is 35.1 Å². The average Bonchev–Trinajstić information content (AvgIpc) is 2.98. The monoisotopic (exact) mass is 310 g/mol. The number of carbonyl (C=O) groups is 1. The minimum Gasteiger partial charge on any atom is -0.444 e. The van der Waals surface area contributed by atoms with Gasteiger partial charge in [0.15, 0.2) is 0 Å². The highest BCUT2D eigenvalue weighted by atomic mass is 32.1. The Labute approximate surface area is 131 Å². The number of thiophene rings is 1. The molecule has 0 aliphatic heterocycles. The third-order valence-electron chi connectivity index (χ3n) is 3.65. The molecule has 1 aliphatic carbocycles. The first-order valence-corrected chi connectivity index (χ1v) is 8.52. The van der Waals surface area contributed by atoms with E-state index in [4.69, 9.17) is 4.74 Å². The highest BCUT2D eigenvalue weighted by molar-refractivity contribution is 7.10. The number of rotatable bonds is 4. The molecule has 2 rings (SSSR count). The van der Waals surface area contributed by atoms with Crippen molar-refractivity contribution in [3.05, 3.63) is 22.4 Å². The molecule has 1 amide bonds. The van der Waals surface area contributed by atoms with Crippen LogP contribution in [0.1, 0.15) is 57.9 Å². The van der Waals surface area contributed by atoms with E-state index in [0.717, 1.165) is 19.3 Å². The molecule has 1 heterocycles. The molecule has 3 unspecified atom stereocenters. The molecule has 1 aromatic rings. The first kappa shape index (κ1) is 16.3. The van der Waals surface area contributed by atoms with E-state index in [0.29, 0.717) is 12.1 Å². The fourth-order valence-corrected chi connectivity index (χ4v) is 3.48. The Morgan fingerprint density at radius 2 is 2.10 bits per heavy atom. The van der Waals surface area contributed by atoms with Gasteiger partial charge in [-0.25, -0.2) is 4.79 Å². The number of ether oxygens (including phenoxy) is 1. The van der Waals surface area contributed by atoms with E-state index < -0.39 is 5.60 Å². The van der Waals surface area contributed by atoms with Crippen molar-refractivity contribution >= 4 is 17.4 Å². The second-order valence-electron chi connectivity index (χ2n) is 6.69. The van der Waals surface area contributed by atoms with Gasteiger partial charge in [-0.05, 0) is 58.4 Å². The van der Waals surface area contributed by atoms with E-state index in [-0.39, 0.29) is 12.1 Å². The van der Waals surface area contributed by atoms with Crippen LogP contribution in [0.25, 0.3) is 0 Å². The molecule has 4 nitrogen and oxygen atoms in total. The minimum absolute atomic E-state index is 0.155. The number of alkyl carbamates (subject to hydrolysis) is 1. The lowest BCUT2D eigenvalue weighted by Crippen LogP contribution is -2.48. The van der Waals surface area contributed by atoms with Gasteiger partial charge in [-0.3, -0.25) is 0 Å². The van der Waals surface area contributed by atoms with Gasteiger partial charge in [-0.2, -0.15) is 0 Å². The van der Waals surface area contributed by atoms with Crippen molar-refractivity contribution in [3.63, 3.8) is 0 Å². The summed E-state index contributed by atoms with van der Waals surface area (Å²) in [7, 11) is 0. The van der Waals surface area contributed by atoms with Crippen molar-refractivity contribution < 1.29 is 9.53 Å². The van der Waals surface area contributed by atoms with E-state index in [1.165, 1.54) is 4.88 Å². The third kappa shape index (κ3) is 5.00. The Hall–Kier alpha value is -1.07. The standard InChI is InChI=1S/C16H26N2O2S/c1-11(14-9-6-10-21-14)17-12-7-5-8-13(12)18-15(19)20-16(2,3)4/h6,9-13,17H,5,7-8H2,1-4H3,(H,18,19). The predicted molar refractivity (Wildman–Crippen MR) is 86.7 cm³/mol. The van der Waals surface area contributed by atoms with Gasteiger partial charge in [0.25, 0.3) is 0 Å². The maximum absolute atomic E-state index is 11.9. The zero-order valence-corrected chi connectivity index (χ0v) is 14.1. The van der Waals surface area contributed by atoms with Crippen molar-refractivity contribution in [2.75, 3.05) is 0 Å². The van der Waals surface area contributed by atoms with Crippen molar-refractivity contribution in [2.45, 2.75) is 70.7 Å². The van der Waals surface area contributed by atoms with Crippen LogP contribution >= 0.6 is 11.3 Å². The molecule has 0 radical (unpaired) electrons. The number of hydrogen-bond donors (Lipinski definition) is 2. The summed E-state index contributed by atoms with van der Waals surface area (Å²) < 4.78 is 5.35. The van der Waals surface area contributed by atoms with Gasteiger partial charge in [-0.15, -0.1) is 11.3 Å². The van der Waals surface area contributed by atoms with Crippen LogP contribution in [0.2, 0.25) is 0 Å². The molecule has 1 aromatic heterocycles. The van der Waals surface area contributed by atoms with Crippen LogP contribution in [-0.4, -0.2) is 23.8 Å². The normalized spacial score (nSPS) is 23.8. The van der Waals surface area contributed by atoms with Crippen LogP contribution < -0.4 is 10.6 Å². The van der Waals surface area contributed by atoms with Crippen LogP contribution in [0.4, 0.5) is 4.79 Å². The second-order valence-corrected chi connectivity index (χ2v) is 7.67. The van der Waals surface area contributed by atoms with Gasteiger partial charge in [0.1, 0.15) is 5.60 Å². The van der Waals surface area contributed by atoms with E-state index in [1.807, 2.05) is 20.8 Å². The van der Waals surface area contributed by atoms with Crippen LogP contribution in [0, 0.1) is 0 Å². The average molecular weight is 310 g/mol. The smallest absolute Gasteiger partial charge is 0.407 e. The van der Waals surface area contributed by atoms with Crippen molar-refractivity contribution in [2.24, 2.45) is 0 Å². The van der Waals surface area contributed by atoms with Gasteiger partial charge in [0.2, 0.25) is 0 Å². The molecule has 0 saturated heterocycles. The quantitative estimate of drug-likeness (QED) is 0.888. The zero-order valence-electron chi connectivity index (χ0n) is 13.3. The lowest BCUT2D eigenvalue weighted by molar-refractivity contribution is 0.0497. The highest BCUT2D eigenvalue weighted by Gasteiger charge is 2.31. The Morgan fingerprint density at radius 3 is 2.71 bits per heavy atom. The largest absolute Gasteiger partial charge is 0.444 e. The molecular formula is C16H26N2O2S. The molecule has 118 valence electrons. The molecule has 1 aliphatic rings. The number of amides is 1. The molecule has 5 heteroatoms. The SMILES string of the molecule is CC(NC1CCCC1NC(=O)OC(C)(C)C)c1cccs1. The van der Waals surface area contributed by atoms with Crippen molar-refractivity contribution in [1.29, 1.82) is 0 Å². The van der Waals surface area contributed by atoms with Crippen molar-refractivity contribution in [3.8, 4) is 0 Å². The molecule has 21 heavy (non-hydrogen) atoms. The summed E-state index contributed by atoms with van der Waals surface area (Å²) in [6.45, 7) is 7.83. The number of nitrogens with one attached hydrogen (secondary N) is 2. The molecular weight excluding hydrogens is 284 g/mol. The van der Waals surface area contributed by atoms with Gasteiger partial charge in [-0.1, -0.05) is 6.07 Å². The summed E-state index contributed by atoms with van der Waals surface area (Å²) in [5.41, 5.74) is -0.449. The van der Waals surface area contributed by atoms with Gasteiger partial charge in [0, 0.05) is 23.0 Å². The van der Waals surface area contributed by atoms with Gasteiger partial charge in [0.05, 0.1) is 0 Å². The summed E-state index contributed by atoms with van der Waals surface area (Å²) in [5.74, 6) is 0. The maximum Gasteiger partial charge on any atom is 0.407 e.